The Hall–Kier alpha value is -2.36. The summed E-state index contributed by atoms with van der Waals surface area (Å²) in [6, 6.07) is 9.00. The van der Waals surface area contributed by atoms with E-state index in [1.165, 1.54) is 0 Å². The minimum absolute atomic E-state index is 0.127. The molecule has 1 unspecified atom stereocenters. The van der Waals surface area contributed by atoms with Crippen LogP contribution in [0.15, 0.2) is 36.5 Å². The van der Waals surface area contributed by atoms with Gasteiger partial charge < -0.3 is 9.88 Å². The average Bonchev–Trinajstić information content (AvgIpc) is 2.96. The monoisotopic (exact) mass is 284 g/mol. The lowest BCUT2D eigenvalue weighted by Crippen LogP contribution is -2.25. The number of anilines is 1. The molecule has 4 heteroatoms. The molecule has 1 N–H and O–H groups in total. The largest absolute Gasteiger partial charge is 0.333 e. The molecule has 0 aliphatic heterocycles. The van der Waals surface area contributed by atoms with Crippen LogP contribution in [0, 0.1) is 6.92 Å². The average molecular weight is 284 g/mol. The summed E-state index contributed by atoms with van der Waals surface area (Å²) in [6.45, 7) is 5.82. The Labute approximate surface area is 124 Å². The van der Waals surface area contributed by atoms with Gasteiger partial charge in [-0.2, -0.15) is 0 Å². The maximum Gasteiger partial charge on any atom is 0.247 e. The van der Waals surface area contributed by atoms with E-state index in [1.54, 1.807) is 29.8 Å². The zero-order valence-corrected chi connectivity index (χ0v) is 12.6. The summed E-state index contributed by atoms with van der Waals surface area (Å²) in [4.78, 5) is 23.4. The standard InChI is InChI=1S/C17H20N2O2/c1-4-14-8-5-7-12(2)16(14)18-17(21)13(3)19-10-6-9-15(19)11-20/h5-11,13H,4H2,1-3H3,(H,18,21). The fourth-order valence-electron chi connectivity index (χ4n) is 2.42. The van der Waals surface area contributed by atoms with E-state index < -0.39 is 6.04 Å². The van der Waals surface area contributed by atoms with Crippen molar-refractivity contribution in [2.24, 2.45) is 0 Å². The summed E-state index contributed by atoms with van der Waals surface area (Å²) in [5.41, 5.74) is 3.52. The summed E-state index contributed by atoms with van der Waals surface area (Å²) in [5.74, 6) is -0.127. The topological polar surface area (TPSA) is 51.1 Å². The molecule has 0 radical (unpaired) electrons. The highest BCUT2D eigenvalue weighted by molar-refractivity contribution is 5.95. The smallest absolute Gasteiger partial charge is 0.247 e. The number of amides is 1. The lowest BCUT2D eigenvalue weighted by molar-refractivity contribution is -0.118. The highest BCUT2D eigenvalue weighted by Crippen LogP contribution is 2.22. The van der Waals surface area contributed by atoms with Gasteiger partial charge in [-0.05, 0) is 43.5 Å². The van der Waals surface area contributed by atoms with E-state index in [2.05, 4.69) is 12.2 Å². The van der Waals surface area contributed by atoms with Gasteiger partial charge in [0.2, 0.25) is 5.91 Å². The van der Waals surface area contributed by atoms with Gasteiger partial charge in [0, 0.05) is 11.9 Å². The zero-order valence-electron chi connectivity index (χ0n) is 12.6. The van der Waals surface area contributed by atoms with Crippen LogP contribution in [0.1, 0.15) is 41.5 Å². The van der Waals surface area contributed by atoms with Gasteiger partial charge >= 0.3 is 0 Å². The lowest BCUT2D eigenvalue weighted by atomic mass is 10.1. The number of hydrogen-bond donors (Lipinski definition) is 1. The zero-order chi connectivity index (χ0) is 15.4. The molecule has 0 aliphatic carbocycles. The number of benzene rings is 1. The predicted octanol–water partition coefficient (Wildman–Crippen LogP) is 3.37. The molecular formula is C17H20N2O2. The van der Waals surface area contributed by atoms with Crippen molar-refractivity contribution in [2.75, 3.05) is 5.32 Å². The summed E-state index contributed by atoms with van der Waals surface area (Å²) in [5, 5.41) is 2.99. The van der Waals surface area contributed by atoms with Crippen LogP contribution in [0.2, 0.25) is 0 Å². The quantitative estimate of drug-likeness (QED) is 0.856. The van der Waals surface area contributed by atoms with Crippen molar-refractivity contribution in [3.8, 4) is 0 Å². The van der Waals surface area contributed by atoms with Gasteiger partial charge in [-0.1, -0.05) is 25.1 Å². The summed E-state index contributed by atoms with van der Waals surface area (Å²) in [7, 11) is 0. The molecule has 2 rings (SSSR count). The molecule has 0 aliphatic rings. The molecule has 1 amide bonds. The number of nitrogens with one attached hydrogen (secondary N) is 1. The molecule has 2 aromatic rings. The van der Waals surface area contributed by atoms with Crippen molar-refractivity contribution >= 4 is 17.9 Å². The third-order valence-electron chi connectivity index (χ3n) is 3.72. The van der Waals surface area contributed by atoms with Crippen molar-refractivity contribution in [3.05, 3.63) is 53.3 Å². The van der Waals surface area contributed by atoms with Gasteiger partial charge in [0.25, 0.3) is 0 Å². The summed E-state index contributed by atoms with van der Waals surface area (Å²) < 4.78 is 1.67. The minimum atomic E-state index is -0.440. The van der Waals surface area contributed by atoms with Gasteiger partial charge in [0.05, 0.1) is 5.69 Å². The number of hydrogen-bond acceptors (Lipinski definition) is 2. The maximum absolute atomic E-state index is 12.5. The van der Waals surface area contributed by atoms with Gasteiger partial charge in [-0.3, -0.25) is 9.59 Å². The molecule has 21 heavy (non-hydrogen) atoms. The molecule has 1 aromatic carbocycles. The van der Waals surface area contributed by atoms with Crippen LogP contribution in [0.3, 0.4) is 0 Å². The van der Waals surface area contributed by atoms with Gasteiger partial charge in [-0.25, -0.2) is 0 Å². The summed E-state index contributed by atoms with van der Waals surface area (Å²) in [6.07, 6.45) is 3.36. The minimum Gasteiger partial charge on any atom is -0.333 e. The second-order valence-electron chi connectivity index (χ2n) is 5.09. The molecule has 0 saturated heterocycles. The number of aldehydes is 1. The van der Waals surface area contributed by atoms with E-state index in [9.17, 15) is 9.59 Å². The fraction of sp³-hybridized carbons (Fsp3) is 0.294. The van der Waals surface area contributed by atoms with Crippen molar-refractivity contribution in [1.82, 2.24) is 4.57 Å². The third kappa shape index (κ3) is 3.05. The number of aryl methyl sites for hydroxylation is 2. The Morgan fingerprint density at radius 3 is 2.76 bits per heavy atom. The van der Waals surface area contributed by atoms with E-state index in [-0.39, 0.29) is 5.91 Å². The molecule has 0 bridgehead atoms. The Morgan fingerprint density at radius 2 is 2.10 bits per heavy atom. The Balaban J connectivity index is 2.24. The predicted molar refractivity (Wildman–Crippen MR) is 83.7 cm³/mol. The van der Waals surface area contributed by atoms with E-state index in [0.29, 0.717) is 5.69 Å². The van der Waals surface area contributed by atoms with Crippen LogP contribution in [0.4, 0.5) is 5.69 Å². The van der Waals surface area contributed by atoms with Crippen molar-refractivity contribution in [2.45, 2.75) is 33.2 Å². The van der Waals surface area contributed by atoms with Crippen LogP contribution in [-0.4, -0.2) is 16.8 Å². The first-order valence-electron chi connectivity index (χ1n) is 7.09. The first kappa shape index (κ1) is 15.0. The van der Waals surface area contributed by atoms with Crippen molar-refractivity contribution in [1.29, 1.82) is 0 Å². The van der Waals surface area contributed by atoms with Gasteiger partial charge in [-0.15, -0.1) is 0 Å². The number of para-hydroxylation sites is 1. The first-order chi connectivity index (χ1) is 10.1. The highest BCUT2D eigenvalue weighted by atomic mass is 16.2. The molecule has 1 aromatic heterocycles. The molecular weight excluding hydrogens is 264 g/mol. The van der Waals surface area contributed by atoms with Crippen LogP contribution < -0.4 is 5.32 Å². The van der Waals surface area contributed by atoms with Crippen LogP contribution in [-0.2, 0) is 11.2 Å². The van der Waals surface area contributed by atoms with Crippen molar-refractivity contribution in [3.63, 3.8) is 0 Å². The number of aromatic nitrogens is 1. The number of carbonyl (C=O) groups excluding carboxylic acids is 2. The van der Waals surface area contributed by atoms with Crippen LogP contribution >= 0.6 is 0 Å². The lowest BCUT2D eigenvalue weighted by Gasteiger charge is -2.18. The first-order valence-corrected chi connectivity index (χ1v) is 7.09. The normalized spacial score (nSPS) is 12.0. The van der Waals surface area contributed by atoms with E-state index >= 15 is 0 Å². The molecule has 0 saturated carbocycles. The van der Waals surface area contributed by atoms with E-state index in [0.717, 1.165) is 29.5 Å². The van der Waals surface area contributed by atoms with E-state index in [1.807, 2.05) is 25.1 Å². The van der Waals surface area contributed by atoms with Crippen LogP contribution in [0.25, 0.3) is 0 Å². The Kier molecular flexibility index (Phi) is 4.58. The van der Waals surface area contributed by atoms with Gasteiger partial charge in [0.15, 0.2) is 6.29 Å². The number of rotatable bonds is 5. The molecule has 0 fully saturated rings. The molecule has 4 nitrogen and oxygen atoms in total. The van der Waals surface area contributed by atoms with Crippen molar-refractivity contribution < 1.29 is 9.59 Å². The van der Waals surface area contributed by atoms with Crippen LogP contribution in [0.5, 0.6) is 0 Å². The van der Waals surface area contributed by atoms with E-state index in [4.69, 9.17) is 0 Å². The Morgan fingerprint density at radius 1 is 1.33 bits per heavy atom. The molecule has 0 spiro atoms. The highest BCUT2D eigenvalue weighted by Gasteiger charge is 2.18. The second-order valence-corrected chi connectivity index (χ2v) is 5.09. The second kappa shape index (κ2) is 6.39. The molecule has 110 valence electrons. The van der Waals surface area contributed by atoms with Gasteiger partial charge in [0.1, 0.15) is 6.04 Å². The number of nitrogens with zero attached hydrogens (tertiary/aromatic N) is 1. The third-order valence-corrected chi connectivity index (χ3v) is 3.72. The fourth-order valence-corrected chi connectivity index (χ4v) is 2.42. The molecule has 1 atom stereocenters. The number of carbonyl (C=O) groups is 2. The maximum atomic E-state index is 12.5. The summed E-state index contributed by atoms with van der Waals surface area (Å²) >= 11 is 0. The Bertz CT molecular complexity index is 659. The molecule has 1 heterocycles. The SMILES string of the molecule is CCc1cccc(C)c1NC(=O)C(C)n1cccc1C=O.